The second kappa shape index (κ2) is 4.00. The van der Waals surface area contributed by atoms with Gasteiger partial charge in [-0.3, -0.25) is 0 Å². The summed E-state index contributed by atoms with van der Waals surface area (Å²) in [5.41, 5.74) is 1.21. The van der Waals surface area contributed by atoms with Crippen molar-refractivity contribution in [2.75, 3.05) is 31.1 Å². The van der Waals surface area contributed by atoms with E-state index in [0.717, 1.165) is 35.2 Å². The summed E-state index contributed by atoms with van der Waals surface area (Å²) in [4.78, 5) is 6.96. The van der Waals surface area contributed by atoms with Crippen LogP contribution in [0, 0.1) is 18.8 Å². The Morgan fingerprint density at radius 1 is 1.38 bits per heavy atom. The van der Waals surface area contributed by atoms with Gasteiger partial charge in [-0.25, -0.2) is 4.98 Å². The number of pyridine rings is 1. The zero-order valence-electron chi connectivity index (χ0n) is 9.41. The number of hydrogen-bond donors (Lipinski definition) is 1. The first-order valence-corrected chi connectivity index (χ1v) is 6.61. The predicted molar refractivity (Wildman–Crippen MR) is 68.7 cm³/mol. The SMILES string of the molecule is Cc1cnc(N2C[C@H]3CNC[C@H]3C2)c(Br)c1. The average Bonchev–Trinajstić information content (AvgIpc) is 2.76. The Balaban J connectivity index is 1.83. The summed E-state index contributed by atoms with van der Waals surface area (Å²) in [5.74, 6) is 2.74. The van der Waals surface area contributed by atoms with Crippen LogP contribution in [0.15, 0.2) is 16.7 Å². The van der Waals surface area contributed by atoms with Crippen LogP contribution in [0.2, 0.25) is 0 Å². The summed E-state index contributed by atoms with van der Waals surface area (Å²) in [6.45, 7) is 6.71. The molecule has 1 N–H and O–H groups in total. The Bertz CT molecular complexity index is 395. The lowest BCUT2D eigenvalue weighted by Crippen LogP contribution is -2.26. The molecule has 16 heavy (non-hydrogen) atoms. The van der Waals surface area contributed by atoms with Crippen LogP contribution < -0.4 is 10.2 Å². The van der Waals surface area contributed by atoms with Crippen molar-refractivity contribution in [3.05, 3.63) is 22.3 Å². The summed E-state index contributed by atoms with van der Waals surface area (Å²) in [5, 5.41) is 3.46. The van der Waals surface area contributed by atoms with Crippen LogP contribution in [0.1, 0.15) is 5.56 Å². The van der Waals surface area contributed by atoms with Crippen molar-refractivity contribution < 1.29 is 0 Å². The highest BCUT2D eigenvalue weighted by atomic mass is 79.9. The van der Waals surface area contributed by atoms with E-state index in [-0.39, 0.29) is 0 Å². The molecule has 2 saturated heterocycles. The molecule has 0 amide bonds. The lowest BCUT2D eigenvalue weighted by Gasteiger charge is -2.20. The van der Waals surface area contributed by atoms with E-state index in [1.165, 1.54) is 18.7 Å². The smallest absolute Gasteiger partial charge is 0.142 e. The van der Waals surface area contributed by atoms with Crippen molar-refractivity contribution in [3.63, 3.8) is 0 Å². The van der Waals surface area contributed by atoms with Crippen LogP contribution in [0.25, 0.3) is 0 Å². The van der Waals surface area contributed by atoms with Gasteiger partial charge in [-0.15, -0.1) is 0 Å². The monoisotopic (exact) mass is 281 g/mol. The van der Waals surface area contributed by atoms with Gasteiger partial charge in [0.1, 0.15) is 5.82 Å². The summed E-state index contributed by atoms with van der Waals surface area (Å²) >= 11 is 3.62. The molecule has 3 heterocycles. The normalized spacial score (nSPS) is 28.5. The molecule has 3 nitrogen and oxygen atoms in total. The maximum atomic E-state index is 4.55. The molecule has 0 unspecified atom stereocenters. The minimum absolute atomic E-state index is 0.815. The van der Waals surface area contributed by atoms with Crippen LogP contribution in [0.5, 0.6) is 0 Å². The number of nitrogens with zero attached hydrogens (tertiary/aromatic N) is 2. The molecule has 1 aromatic rings. The molecule has 0 radical (unpaired) electrons. The number of halogens is 1. The molecule has 4 heteroatoms. The number of anilines is 1. The third-order valence-electron chi connectivity index (χ3n) is 3.65. The van der Waals surface area contributed by atoms with Crippen molar-refractivity contribution in [2.24, 2.45) is 11.8 Å². The molecular formula is C12H16BrN3. The third-order valence-corrected chi connectivity index (χ3v) is 4.23. The van der Waals surface area contributed by atoms with Crippen molar-refractivity contribution >= 4 is 21.7 Å². The van der Waals surface area contributed by atoms with Gasteiger partial charge < -0.3 is 10.2 Å². The highest BCUT2D eigenvalue weighted by molar-refractivity contribution is 9.10. The highest BCUT2D eigenvalue weighted by Gasteiger charge is 2.36. The van der Waals surface area contributed by atoms with Gasteiger partial charge in [0.15, 0.2) is 0 Å². The number of fused-ring (bicyclic) bond motifs is 1. The van der Waals surface area contributed by atoms with E-state index in [4.69, 9.17) is 0 Å². The van der Waals surface area contributed by atoms with Crippen LogP contribution in [-0.2, 0) is 0 Å². The average molecular weight is 282 g/mol. The van der Waals surface area contributed by atoms with Gasteiger partial charge in [0, 0.05) is 32.4 Å². The molecule has 3 rings (SSSR count). The van der Waals surface area contributed by atoms with Gasteiger partial charge in [-0.1, -0.05) is 0 Å². The molecule has 0 aromatic carbocycles. The van der Waals surface area contributed by atoms with Gasteiger partial charge >= 0.3 is 0 Å². The highest BCUT2D eigenvalue weighted by Crippen LogP contribution is 2.33. The molecule has 0 saturated carbocycles. The van der Waals surface area contributed by atoms with Gasteiger partial charge in [0.2, 0.25) is 0 Å². The van der Waals surface area contributed by atoms with Crippen molar-refractivity contribution in [1.82, 2.24) is 10.3 Å². The molecule has 86 valence electrons. The fourth-order valence-electron chi connectivity index (χ4n) is 2.79. The van der Waals surface area contributed by atoms with Crippen molar-refractivity contribution in [1.29, 1.82) is 0 Å². The number of hydrogen-bond acceptors (Lipinski definition) is 3. The summed E-state index contributed by atoms with van der Waals surface area (Å²) in [6, 6.07) is 2.15. The van der Waals surface area contributed by atoms with E-state index in [0.29, 0.717) is 0 Å². The Kier molecular flexibility index (Phi) is 2.64. The second-order valence-electron chi connectivity index (χ2n) is 4.90. The van der Waals surface area contributed by atoms with Crippen LogP contribution >= 0.6 is 15.9 Å². The van der Waals surface area contributed by atoms with Crippen molar-refractivity contribution in [3.8, 4) is 0 Å². The molecule has 1 aromatic heterocycles. The lowest BCUT2D eigenvalue weighted by molar-refractivity contribution is 0.533. The second-order valence-corrected chi connectivity index (χ2v) is 5.76. The van der Waals surface area contributed by atoms with Gasteiger partial charge in [-0.05, 0) is 46.3 Å². The predicted octanol–water partition coefficient (Wildman–Crippen LogP) is 1.81. The first-order chi connectivity index (χ1) is 7.74. The van der Waals surface area contributed by atoms with E-state index in [1.54, 1.807) is 0 Å². The maximum Gasteiger partial charge on any atom is 0.142 e. The van der Waals surface area contributed by atoms with Gasteiger partial charge in [0.25, 0.3) is 0 Å². The zero-order valence-corrected chi connectivity index (χ0v) is 11.0. The molecule has 2 fully saturated rings. The minimum atomic E-state index is 0.815. The molecule has 2 atom stereocenters. The Morgan fingerprint density at radius 3 is 2.69 bits per heavy atom. The van der Waals surface area contributed by atoms with E-state index in [2.05, 4.69) is 44.1 Å². The minimum Gasteiger partial charge on any atom is -0.355 e. The first-order valence-electron chi connectivity index (χ1n) is 5.82. The van der Waals surface area contributed by atoms with Crippen LogP contribution in [0.4, 0.5) is 5.82 Å². The largest absolute Gasteiger partial charge is 0.355 e. The topological polar surface area (TPSA) is 28.2 Å². The van der Waals surface area contributed by atoms with E-state index < -0.39 is 0 Å². The fraction of sp³-hybridized carbons (Fsp3) is 0.583. The van der Waals surface area contributed by atoms with Crippen molar-refractivity contribution in [2.45, 2.75) is 6.92 Å². The van der Waals surface area contributed by atoms with E-state index >= 15 is 0 Å². The molecule has 0 aliphatic carbocycles. The third kappa shape index (κ3) is 1.74. The summed E-state index contributed by atoms with van der Waals surface area (Å²) < 4.78 is 1.13. The summed E-state index contributed by atoms with van der Waals surface area (Å²) in [6.07, 6.45) is 1.95. The molecular weight excluding hydrogens is 266 g/mol. The number of aromatic nitrogens is 1. The Morgan fingerprint density at radius 2 is 2.06 bits per heavy atom. The molecule has 0 spiro atoms. The lowest BCUT2D eigenvalue weighted by atomic mass is 10.0. The molecule has 0 bridgehead atoms. The first kappa shape index (κ1) is 10.5. The summed E-state index contributed by atoms with van der Waals surface area (Å²) in [7, 11) is 0. The Labute approximate surface area is 104 Å². The standard InChI is InChI=1S/C12H16BrN3/c1-8-2-11(13)12(15-3-8)16-6-9-4-14-5-10(9)7-16/h2-3,9-10,14H,4-7H2,1H3/t9-,10+. The van der Waals surface area contributed by atoms with E-state index in [9.17, 15) is 0 Å². The Hall–Kier alpha value is -0.610. The quantitative estimate of drug-likeness (QED) is 0.851. The number of aryl methyl sites for hydroxylation is 1. The number of rotatable bonds is 1. The molecule has 2 aliphatic rings. The fourth-order valence-corrected chi connectivity index (χ4v) is 3.50. The van der Waals surface area contributed by atoms with Gasteiger partial charge in [-0.2, -0.15) is 0 Å². The number of nitrogens with one attached hydrogen (secondary N) is 1. The maximum absolute atomic E-state index is 4.55. The van der Waals surface area contributed by atoms with E-state index in [1.807, 2.05) is 6.20 Å². The van der Waals surface area contributed by atoms with Gasteiger partial charge in [0.05, 0.1) is 4.47 Å². The van der Waals surface area contributed by atoms with Crippen LogP contribution in [-0.4, -0.2) is 31.2 Å². The zero-order chi connectivity index (χ0) is 11.1. The van der Waals surface area contributed by atoms with Crippen LogP contribution in [0.3, 0.4) is 0 Å². The molecule has 2 aliphatic heterocycles.